The lowest BCUT2D eigenvalue weighted by molar-refractivity contribution is 0.627. The molecule has 0 fully saturated rings. The van der Waals surface area contributed by atoms with Gasteiger partial charge in [-0.2, -0.15) is 0 Å². The molecule has 0 saturated carbocycles. The fourth-order valence-electron chi connectivity index (χ4n) is 1.90. The minimum atomic E-state index is 0.604. The summed E-state index contributed by atoms with van der Waals surface area (Å²) in [5.74, 6) is 1.47. The average molecular weight is 338 g/mol. The number of rotatable bonds is 2. The topological polar surface area (TPSA) is 38.9 Å². The third kappa shape index (κ3) is 2.38. The van der Waals surface area contributed by atoms with E-state index >= 15 is 0 Å². The van der Waals surface area contributed by atoms with E-state index in [1.54, 1.807) is 0 Å². The van der Waals surface area contributed by atoms with Crippen molar-refractivity contribution in [1.29, 1.82) is 0 Å². The van der Waals surface area contributed by atoms with Gasteiger partial charge < -0.3 is 4.42 Å². The van der Waals surface area contributed by atoms with Crippen molar-refractivity contribution < 1.29 is 4.42 Å². The Morgan fingerprint density at radius 3 is 2.84 bits per heavy atom. The second-order valence-electron chi connectivity index (χ2n) is 4.11. The molecule has 19 heavy (non-hydrogen) atoms. The van der Waals surface area contributed by atoms with Crippen molar-refractivity contribution in [2.45, 2.75) is 13.3 Å². The monoisotopic (exact) mass is 336 g/mol. The molecule has 0 spiro atoms. The molecule has 0 atom stereocenters. The first kappa shape index (κ1) is 12.6. The molecule has 3 rings (SSSR count). The zero-order chi connectivity index (χ0) is 13.4. The molecule has 3 aromatic rings. The number of hydrogen-bond acceptors (Lipinski definition) is 3. The van der Waals surface area contributed by atoms with Crippen LogP contribution in [0.3, 0.4) is 0 Å². The molecule has 0 amide bonds. The highest BCUT2D eigenvalue weighted by Gasteiger charge is 2.11. The largest absolute Gasteiger partial charge is 0.453 e. The third-order valence-corrected chi connectivity index (χ3v) is 3.51. The molecule has 3 nitrogen and oxygen atoms in total. The van der Waals surface area contributed by atoms with E-state index in [0.717, 1.165) is 27.9 Å². The summed E-state index contributed by atoms with van der Waals surface area (Å²) in [4.78, 5) is 8.76. The number of benzene rings is 1. The van der Waals surface area contributed by atoms with E-state index in [2.05, 4.69) is 25.9 Å². The van der Waals surface area contributed by atoms with Crippen molar-refractivity contribution in [3.63, 3.8) is 0 Å². The molecule has 0 bridgehead atoms. The second-order valence-corrected chi connectivity index (χ2v) is 5.33. The van der Waals surface area contributed by atoms with Gasteiger partial charge in [0.2, 0.25) is 0 Å². The lowest BCUT2D eigenvalue weighted by atomic mass is 10.2. The maximum Gasteiger partial charge on any atom is 0.154 e. The summed E-state index contributed by atoms with van der Waals surface area (Å²) >= 11 is 9.50. The summed E-state index contributed by atoms with van der Waals surface area (Å²) in [6.07, 6.45) is 0.771. The Balaban J connectivity index is 2.19. The molecule has 0 aliphatic carbocycles. The fourth-order valence-corrected chi connectivity index (χ4v) is 2.54. The molecule has 2 aromatic heterocycles. The number of para-hydroxylation sites is 1. The lowest BCUT2D eigenvalue weighted by Crippen LogP contribution is -1.94. The van der Waals surface area contributed by atoms with Gasteiger partial charge in [0.15, 0.2) is 11.3 Å². The van der Waals surface area contributed by atoms with Crippen LogP contribution in [-0.4, -0.2) is 9.97 Å². The highest BCUT2D eigenvalue weighted by molar-refractivity contribution is 9.10. The SMILES string of the molecule is CCc1nc(Br)cc(-c2cc3cccc(Cl)c3o2)n1. The Morgan fingerprint density at radius 2 is 2.11 bits per heavy atom. The number of aromatic nitrogens is 2. The van der Waals surface area contributed by atoms with Gasteiger partial charge in [-0.15, -0.1) is 0 Å². The maximum absolute atomic E-state index is 6.11. The second kappa shape index (κ2) is 4.94. The number of nitrogens with zero attached hydrogens (tertiary/aromatic N) is 2. The summed E-state index contributed by atoms with van der Waals surface area (Å²) in [7, 11) is 0. The van der Waals surface area contributed by atoms with Gasteiger partial charge in [-0.1, -0.05) is 30.7 Å². The summed E-state index contributed by atoms with van der Waals surface area (Å²) < 4.78 is 6.55. The van der Waals surface area contributed by atoms with E-state index in [4.69, 9.17) is 16.0 Å². The van der Waals surface area contributed by atoms with Crippen molar-refractivity contribution in [3.8, 4) is 11.5 Å². The van der Waals surface area contributed by atoms with Crippen LogP contribution >= 0.6 is 27.5 Å². The molecular formula is C14H10BrClN2O. The van der Waals surface area contributed by atoms with Gasteiger partial charge in [-0.05, 0) is 28.1 Å². The normalized spacial score (nSPS) is 11.1. The Hall–Kier alpha value is -1.39. The highest BCUT2D eigenvalue weighted by Crippen LogP contribution is 2.31. The van der Waals surface area contributed by atoms with Gasteiger partial charge in [-0.25, -0.2) is 9.97 Å². The first-order valence-corrected chi connectivity index (χ1v) is 7.06. The van der Waals surface area contributed by atoms with Gasteiger partial charge >= 0.3 is 0 Å². The van der Waals surface area contributed by atoms with Gasteiger partial charge in [-0.3, -0.25) is 0 Å². The van der Waals surface area contributed by atoms with E-state index < -0.39 is 0 Å². The number of aryl methyl sites for hydroxylation is 1. The first-order chi connectivity index (χ1) is 9.17. The van der Waals surface area contributed by atoms with Crippen molar-refractivity contribution >= 4 is 38.5 Å². The Kier molecular flexibility index (Phi) is 3.29. The van der Waals surface area contributed by atoms with Crippen LogP contribution in [0.1, 0.15) is 12.7 Å². The van der Waals surface area contributed by atoms with Crippen LogP contribution in [0.5, 0.6) is 0 Å². The van der Waals surface area contributed by atoms with Crippen LogP contribution in [0.4, 0.5) is 0 Å². The molecule has 0 N–H and O–H groups in total. The molecule has 0 saturated heterocycles. The number of hydrogen-bond donors (Lipinski definition) is 0. The van der Waals surface area contributed by atoms with Crippen LogP contribution in [-0.2, 0) is 6.42 Å². The van der Waals surface area contributed by atoms with Gasteiger partial charge in [0, 0.05) is 17.9 Å². The zero-order valence-corrected chi connectivity index (χ0v) is 12.5. The van der Waals surface area contributed by atoms with E-state index in [1.807, 2.05) is 37.3 Å². The minimum absolute atomic E-state index is 0.604. The molecule has 2 heterocycles. The minimum Gasteiger partial charge on any atom is -0.453 e. The van der Waals surface area contributed by atoms with Gasteiger partial charge in [0.05, 0.1) is 5.02 Å². The molecule has 96 valence electrons. The Labute approximate surface area is 123 Å². The van der Waals surface area contributed by atoms with Gasteiger partial charge in [0.1, 0.15) is 16.1 Å². The van der Waals surface area contributed by atoms with E-state index in [9.17, 15) is 0 Å². The summed E-state index contributed by atoms with van der Waals surface area (Å²) in [5, 5.41) is 1.57. The molecule has 0 radical (unpaired) electrons. The van der Waals surface area contributed by atoms with Crippen molar-refractivity contribution in [2.75, 3.05) is 0 Å². The summed E-state index contributed by atoms with van der Waals surface area (Å²) in [6, 6.07) is 9.45. The average Bonchev–Trinajstić information content (AvgIpc) is 2.83. The molecule has 0 aliphatic heterocycles. The first-order valence-electron chi connectivity index (χ1n) is 5.89. The zero-order valence-electron chi connectivity index (χ0n) is 10.2. The van der Waals surface area contributed by atoms with Crippen LogP contribution in [0.15, 0.2) is 39.4 Å². The van der Waals surface area contributed by atoms with Gasteiger partial charge in [0.25, 0.3) is 0 Å². The van der Waals surface area contributed by atoms with Crippen LogP contribution < -0.4 is 0 Å². The maximum atomic E-state index is 6.11. The third-order valence-electron chi connectivity index (χ3n) is 2.81. The van der Waals surface area contributed by atoms with Crippen molar-refractivity contribution in [2.24, 2.45) is 0 Å². The molecule has 1 aromatic carbocycles. The quantitative estimate of drug-likeness (QED) is 0.626. The predicted molar refractivity (Wildman–Crippen MR) is 79.3 cm³/mol. The van der Waals surface area contributed by atoms with Crippen LogP contribution in [0.25, 0.3) is 22.4 Å². The predicted octanol–water partition coefficient (Wildman–Crippen LogP) is 4.87. The smallest absolute Gasteiger partial charge is 0.154 e. The summed E-state index contributed by atoms with van der Waals surface area (Å²) in [6.45, 7) is 2.01. The number of halogens is 2. The standard InChI is InChI=1S/C14H10BrClN2O/c1-2-13-17-10(7-12(15)18-13)11-6-8-4-3-5-9(16)14(8)19-11/h3-7H,2H2,1H3. The molecule has 5 heteroatoms. The van der Waals surface area contributed by atoms with Crippen LogP contribution in [0.2, 0.25) is 5.02 Å². The molecule has 0 aliphatic rings. The van der Waals surface area contributed by atoms with E-state index in [1.165, 1.54) is 0 Å². The van der Waals surface area contributed by atoms with Crippen molar-refractivity contribution in [3.05, 3.63) is 45.8 Å². The number of furan rings is 1. The fraction of sp³-hybridized carbons (Fsp3) is 0.143. The highest BCUT2D eigenvalue weighted by atomic mass is 79.9. The number of fused-ring (bicyclic) bond motifs is 1. The Bertz CT molecular complexity index is 754. The molecular weight excluding hydrogens is 328 g/mol. The molecule has 0 unspecified atom stereocenters. The van der Waals surface area contributed by atoms with Crippen LogP contribution in [0, 0.1) is 0 Å². The summed E-state index contributed by atoms with van der Waals surface area (Å²) in [5.41, 5.74) is 1.44. The van der Waals surface area contributed by atoms with E-state index in [0.29, 0.717) is 16.4 Å². The Morgan fingerprint density at radius 1 is 1.26 bits per heavy atom. The van der Waals surface area contributed by atoms with E-state index in [-0.39, 0.29) is 0 Å². The lowest BCUT2D eigenvalue weighted by Gasteiger charge is -2.00. The van der Waals surface area contributed by atoms with Crippen molar-refractivity contribution in [1.82, 2.24) is 9.97 Å².